The highest BCUT2D eigenvalue weighted by molar-refractivity contribution is 5.69. The molecule has 0 bridgehead atoms. The number of aliphatic hydroxyl groups is 1. The SMILES string of the molecule is Cc1cc2c(N3CCC(O)CC3)nccn2n1. The molecule has 0 atom stereocenters. The van der Waals surface area contributed by atoms with Crippen LogP contribution < -0.4 is 4.90 Å². The summed E-state index contributed by atoms with van der Waals surface area (Å²) in [4.78, 5) is 6.68. The number of hydrogen-bond acceptors (Lipinski definition) is 4. The van der Waals surface area contributed by atoms with Crippen LogP contribution in [0.3, 0.4) is 0 Å². The van der Waals surface area contributed by atoms with E-state index >= 15 is 0 Å². The second-order valence-electron chi connectivity index (χ2n) is 4.58. The molecule has 5 heteroatoms. The summed E-state index contributed by atoms with van der Waals surface area (Å²) in [5.41, 5.74) is 2.04. The monoisotopic (exact) mass is 232 g/mol. The van der Waals surface area contributed by atoms with Gasteiger partial charge in [0.1, 0.15) is 5.52 Å². The lowest BCUT2D eigenvalue weighted by molar-refractivity contribution is 0.145. The van der Waals surface area contributed by atoms with E-state index in [0.29, 0.717) is 0 Å². The summed E-state index contributed by atoms with van der Waals surface area (Å²) in [7, 11) is 0. The first kappa shape index (κ1) is 10.5. The average molecular weight is 232 g/mol. The van der Waals surface area contributed by atoms with E-state index < -0.39 is 0 Å². The number of piperidine rings is 1. The maximum atomic E-state index is 9.53. The van der Waals surface area contributed by atoms with E-state index in [1.54, 1.807) is 6.20 Å². The number of aromatic nitrogens is 3. The van der Waals surface area contributed by atoms with Gasteiger partial charge in [-0.05, 0) is 25.8 Å². The van der Waals surface area contributed by atoms with Crippen LogP contribution >= 0.6 is 0 Å². The van der Waals surface area contributed by atoms with Gasteiger partial charge in [0, 0.05) is 25.5 Å². The highest BCUT2D eigenvalue weighted by Crippen LogP contribution is 2.23. The Hall–Kier alpha value is -1.62. The number of hydrogen-bond donors (Lipinski definition) is 1. The minimum Gasteiger partial charge on any atom is -0.393 e. The Labute approximate surface area is 99.7 Å². The van der Waals surface area contributed by atoms with Crippen LogP contribution in [0.25, 0.3) is 5.52 Å². The molecule has 1 fully saturated rings. The van der Waals surface area contributed by atoms with Gasteiger partial charge in [-0.3, -0.25) is 0 Å². The molecule has 0 radical (unpaired) electrons. The summed E-state index contributed by atoms with van der Waals surface area (Å²) in [5, 5.41) is 13.9. The molecule has 1 saturated heterocycles. The lowest BCUT2D eigenvalue weighted by atomic mass is 10.1. The van der Waals surface area contributed by atoms with Crippen LogP contribution in [0.4, 0.5) is 5.82 Å². The minimum absolute atomic E-state index is 0.155. The first-order chi connectivity index (χ1) is 8.24. The molecule has 1 aliphatic rings. The Bertz CT molecular complexity index is 528. The van der Waals surface area contributed by atoms with Crippen LogP contribution in [0.5, 0.6) is 0 Å². The molecule has 90 valence electrons. The summed E-state index contributed by atoms with van der Waals surface area (Å²) in [6, 6.07) is 2.05. The van der Waals surface area contributed by atoms with Crippen LogP contribution in [0.15, 0.2) is 18.5 Å². The van der Waals surface area contributed by atoms with Gasteiger partial charge in [-0.25, -0.2) is 9.50 Å². The van der Waals surface area contributed by atoms with Gasteiger partial charge < -0.3 is 10.0 Å². The Morgan fingerprint density at radius 2 is 2.12 bits per heavy atom. The van der Waals surface area contributed by atoms with E-state index in [4.69, 9.17) is 0 Å². The van der Waals surface area contributed by atoms with Gasteiger partial charge in [0.25, 0.3) is 0 Å². The fourth-order valence-corrected chi connectivity index (χ4v) is 2.35. The van der Waals surface area contributed by atoms with Crippen LogP contribution in [-0.4, -0.2) is 38.9 Å². The lowest BCUT2D eigenvalue weighted by Crippen LogP contribution is -2.36. The molecule has 0 spiro atoms. The van der Waals surface area contributed by atoms with Crippen molar-refractivity contribution in [2.45, 2.75) is 25.9 Å². The highest BCUT2D eigenvalue weighted by Gasteiger charge is 2.20. The molecule has 5 nitrogen and oxygen atoms in total. The molecule has 2 aromatic heterocycles. The van der Waals surface area contributed by atoms with Crippen molar-refractivity contribution in [3.63, 3.8) is 0 Å². The summed E-state index contributed by atoms with van der Waals surface area (Å²) in [6.07, 6.45) is 5.12. The van der Waals surface area contributed by atoms with Gasteiger partial charge >= 0.3 is 0 Å². The zero-order chi connectivity index (χ0) is 11.8. The number of aliphatic hydroxyl groups excluding tert-OH is 1. The Kier molecular flexibility index (Phi) is 2.48. The van der Waals surface area contributed by atoms with Gasteiger partial charge in [-0.1, -0.05) is 0 Å². The molecular weight excluding hydrogens is 216 g/mol. The first-order valence-electron chi connectivity index (χ1n) is 5.98. The second kappa shape index (κ2) is 4.00. The number of rotatable bonds is 1. The summed E-state index contributed by atoms with van der Waals surface area (Å²) in [5.74, 6) is 0.972. The van der Waals surface area contributed by atoms with Crippen molar-refractivity contribution >= 4 is 11.3 Å². The Morgan fingerprint density at radius 3 is 2.88 bits per heavy atom. The summed E-state index contributed by atoms with van der Waals surface area (Å²) < 4.78 is 1.86. The molecule has 2 aromatic rings. The van der Waals surface area contributed by atoms with Crippen molar-refractivity contribution in [3.8, 4) is 0 Å². The molecular formula is C12H16N4O. The first-order valence-corrected chi connectivity index (χ1v) is 5.98. The van der Waals surface area contributed by atoms with Crippen molar-refractivity contribution in [1.82, 2.24) is 14.6 Å². The molecule has 17 heavy (non-hydrogen) atoms. The van der Waals surface area contributed by atoms with E-state index in [-0.39, 0.29) is 6.10 Å². The highest BCUT2D eigenvalue weighted by atomic mass is 16.3. The third-order valence-electron chi connectivity index (χ3n) is 3.26. The smallest absolute Gasteiger partial charge is 0.154 e. The van der Waals surface area contributed by atoms with Gasteiger partial charge in [0.2, 0.25) is 0 Å². The standard InChI is InChI=1S/C12H16N4O/c1-9-8-11-12(13-4-7-16(11)14-9)15-5-2-10(17)3-6-15/h4,7-8,10,17H,2-3,5-6H2,1H3. The zero-order valence-electron chi connectivity index (χ0n) is 9.87. The van der Waals surface area contributed by atoms with Crippen LogP contribution in [0.2, 0.25) is 0 Å². The van der Waals surface area contributed by atoms with E-state index in [9.17, 15) is 5.11 Å². The fraction of sp³-hybridized carbons (Fsp3) is 0.500. The fourth-order valence-electron chi connectivity index (χ4n) is 2.35. The predicted molar refractivity (Wildman–Crippen MR) is 65.2 cm³/mol. The molecule has 0 amide bonds. The van der Waals surface area contributed by atoms with Gasteiger partial charge in [-0.15, -0.1) is 0 Å². The third-order valence-corrected chi connectivity index (χ3v) is 3.26. The van der Waals surface area contributed by atoms with E-state index in [1.165, 1.54) is 0 Å². The molecule has 1 aliphatic heterocycles. The molecule has 0 saturated carbocycles. The average Bonchev–Trinajstić information content (AvgIpc) is 2.70. The number of nitrogens with zero attached hydrogens (tertiary/aromatic N) is 4. The number of aryl methyl sites for hydroxylation is 1. The minimum atomic E-state index is -0.155. The Morgan fingerprint density at radius 1 is 1.35 bits per heavy atom. The molecule has 0 aromatic carbocycles. The third kappa shape index (κ3) is 1.86. The topological polar surface area (TPSA) is 53.7 Å². The molecule has 0 aliphatic carbocycles. The van der Waals surface area contributed by atoms with Crippen LogP contribution in [-0.2, 0) is 0 Å². The molecule has 3 rings (SSSR count). The summed E-state index contributed by atoms with van der Waals surface area (Å²) >= 11 is 0. The number of anilines is 1. The molecule has 0 unspecified atom stereocenters. The van der Waals surface area contributed by atoms with Gasteiger partial charge in [-0.2, -0.15) is 5.10 Å². The van der Waals surface area contributed by atoms with E-state index in [0.717, 1.165) is 43.0 Å². The Balaban J connectivity index is 1.99. The predicted octanol–water partition coefficient (Wildman–Crippen LogP) is 0.999. The van der Waals surface area contributed by atoms with Crippen molar-refractivity contribution in [1.29, 1.82) is 0 Å². The summed E-state index contributed by atoms with van der Waals surface area (Å²) in [6.45, 7) is 3.70. The molecule has 3 heterocycles. The van der Waals surface area contributed by atoms with Crippen molar-refractivity contribution in [3.05, 3.63) is 24.2 Å². The maximum absolute atomic E-state index is 9.53. The van der Waals surface area contributed by atoms with Crippen molar-refractivity contribution < 1.29 is 5.11 Å². The molecule has 1 N–H and O–H groups in total. The van der Waals surface area contributed by atoms with E-state index in [1.807, 2.05) is 23.7 Å². The van der Waals surface area contributed by atoms with Crippen molar-refractivity contribution in [2.24, 2.45) is 0 Å². The maximum Gasteiger partial charge on any atom is 0.154 e. The lowest BCUT2D eigenvalue weighted by Gasteiger charge is -2.30. The number of fused-ring (bicyclic) bond motifs is 1. The largest absolute Gasteiger partial charge is 0.393 e. The van der Waals surface area contributed by atoms with E-state index in [2.05, 4.69) is 15.0 Å². The van der Waals surface area contributed by atoms with Crippen molar-refractivity contribution in [2.75, 3.05) is 18.0 Å². The van der Waals surface area contributed by atoms with Crippen LogP contribution in [0, 0.1) is 6.92 Å². The van der Waals surface area contributed by atoms with Gasteiger partial charge in [0.05, 0.1) is 11.8 Å². The zero-order valence-corrected chi connectivity index (χ0v) is 9.87. The normalized spacial score (nSPS) is 17.9. The van der Waals surface area contributed by atoms with Crippen LogP contribution in [0.1, 0.15) is 18.5 Å². The quantitative estimate of drug-likeness (QED) is 0.797. The second-order valence-corrected chi connectivity index (χ2v) is 4.58. The van der Waals surface area contributed by atoms with Gasteiger partial charge in [0.15, 0.2) is 5.82 Å².